The van der Waals surface area contributed by atoms with Gasteiger partial charge in [-0.25, -0.2) is 0 Å². The second-order valence-electron chi connectivity index (χ2n) is 10.3. The van der Waals surface area contributed by atoms with Gasteiger partial charge in [-0.15, -0.1) is 0 Å². The highest BCUT2D eigenvalue weighted by Gasteiger charge is 2.51. The largest absolute Gasteiger partial charge is 0.469 e. The number of esters is 4. The summed E-state index contributed by atoms with van der Waals surface area (Å²) in [6.07, 6.45) is 7.66. The fourth-order valence-corrected chi connectivity index (χ4v) is 4.80. The van der Waals surface area contributed by atoms with Crippen LogP contribution in [0.25, 0.3) is 0 Å². The molecule has 6 atom stereocenters. The lowest BCUT2D eigenvalue weighted by Crippen LogP contribution is -2.61. The lowest BCUT2D eigenvalue weighted by atomic mass is 9.98. The van der Waals surface area contributed by atoms with Crippen molar-refractivity contribution in [3.05, 3.63) is 0 Å². The highest BCUT2D eigenvalue weighted by atomic mass is 16.7. The van der Waals surface area contributed by atoms with E-state index < -0.39 is 48.6 Å². The van der Waals surface area contributed by atoms with E-state index in [9.17, 15) is 19.2 Å². The fraction of sp³-hybridized carbons (Fsp3) is 0.862. The Morgan fingerprint density at radius 2 is 1.18 bits per heavy atom. The minimum Gasteiger partial charge on any atom is -0.469 e. The van der Waals surface area contributed by atoms with Gasteiger partial charge in [-0.1, -0.05) is 64.7 Å². The summed E-state index contributed by atoms with van der Waals surface area (Å²) in [5.74, 6) is -1.89. The molecule has 0 N–H and O–H groups in total. The van der Waals surface area contributed by atoms with Crippen molar-refractivity contribution in [2.75, 3.05) is 7.11 Å². The Balaban J connectivity index is 2.79. The monoisotopic (exact) mass is 558 g/mol. The highest BCUT2D eigenvalue weighted by Crippen LogP contribution is 2.31. The molecule has 1 rings (SSSR count). The first-order chi connectivity index (χ1) is 18.6. The van der Waals surface area contributed by atoms with Crippen LogP contribution < -0.4 is 0 Å². The van der Waals surface area contributed by atoms with Gasteiger partial charge in [-0.3, -0.25) is 19.2 Å². The van der Waals surface area contributed by atoms with E-state index in [-0.39, 0.29) is 12.1 Å². The van der Waals surface area contributed by atoms with Crippen molar-refractivity contribution < 1.29 is 47.6 Å². The number of hydrogen-bond acceptors (Lipinski definition) is 10. The summed E-state index contributed by atoms with van der Waals surface area (Å²) in [5, 5.41) is 0. The van der Waals surface area contributed by atoms with Crippen LogP contribution >= 0.6 is 0 Å². The summed E-state index contributed by atoms with van der Waals surface area (Å²) < 4.78 is 33.6. The van der Waals surface area contributed by atoms with E-state index >= 15 is 0 Å². The second-order valence-corrected chi connectivity index (χ2v) is 10.3. The predicted molar refractivity (Wildman–Crippen MR) is 144 cm³/mol. The van der Waals surface area contributed by atoms with Crippen LogP contribution in [-0.4, -0.2) is 67.8 Å². The second kappa shape index (κ2) is 19.8. The van der Waals surface area contributed by atoms with Gasteiger partial charge < -0.3 is 28.4 Å². The van der Waals surface area contributed by atoms with Crippen LogP contribution in [0.5, 0.6) is 0 Å². The molecule has 0 spiro atoms. The molecular weight excluding hydrogens is 508 g/mol. The number of rotatable bonds is 19. The first-order valence-electron chi connectivity index (χ1n) is 14.5. The van der Waals surface area contributed by atoms with Crippen LogP contribution in [0.1, 0.15) is 118 Å². The van der Waals surface area contributed by atoms with E-state index in [2.05, 4.69) is 11.7 Å². The Morgan fingerprint density at radius 3 is 1.72 bits per heavy atom. The maximum Gasteiger partial charge on any atom is 0.305 e. The molecule has 0 aromatic heterocycles. The summed E-state index contributed by atoms with van der Waals surface area (Å²) in [4.78, 5) is 46.8. The summed E-state index contributed by atoms with van der Waals surface area (Å²) in [5.41, 5.74) is 0. The zero-order chi connectivity index (χ0) is 29.2. The van der Waals surface area contributed by atoms with Crippen molar-refractivity contribution in [3.8, 4) is 0 Å². The van der Waals surface area contributed by atoms with Crippen molar-refractivity contribution in [3.63, 3.8) is 0 Å². The maximum absolute atomic E-state index is 12.0. The number of carbonyl (C=O) groups excluding carboxylic acids is 4. The third-order valence-corrected chi connectivity index (χ3v) is 6.72. The summed E-state index contributed by atoms with van der Waals surface area (Å²) >= 11 is 0. The van der Waals surface area contributed by atoms with Crippen molar-refractivity contribution in [2.45, 2.75) is 155 Å². The first-order valence-corrected chi connectivity index (χ1v) is 14.5. The highest BCUT2D eigenvalue weighted by molar-refractivity contribution is 5.69. The Morgan fingerprint density at radius 1 is 0.692 bits per heavy atom. The quantitative estimate of drug-likeness (QED) is 0.119. The van der Waals surface area contributed by atoms with Crippen molar-refractivity contribution >= 4 is 23.9 Å². The van der Waals surface area contributed by atoms with Gasteiger partial charge >= 0.3 is 23.9 Å². The lowest BCUT2D eigenvalue weighted by Gasteiger charge is -2.44. The molecule has 1 heterocycles. The Bertz CT molecular complexity index is 740. The van der Waals surface area contributed by atoms with Crippen LogP contribution in [0.15, 0.2) is 0 Å². The van der Waals surface area contributed by atoms with Gasteiger partial charge in [0.1, 0.15) is 0 Å². The zero-order valence-electron chi connectivity index (χ0n) is 24.7. The van der Waals surface area contributed by atoms with E-state index in [1.54, 1.807) is 6.92 Å². The first kappa shape index (κ1) is 34.8. The van der Waals surface area contributed by atoms with Crippen molar-refractivity contribution in [1.82, 2.24) is 0 Å². The molecule has 1 saturated heterocycles. The normalized spacial score (nSPS) is 23.5. The summed E-state index contributed by atoms with van der Waals surface area (Å²) in [7, 11) is 1.41. The molecule has 10 nitrogen and oxygen atoms in total. The molecular formula is C29H50O10. The van der Waals surface area contributed by atoms with E-state index in [0.717, 1.165) is 77.0 Å². The zero-order valence-corrected chi connectivity index (χ0v) is 24.7. The Hall–Kier alpha value is -2.20. The fourth-order valence-electron chi connectivity index (χ4n) is 4.80. The number of hydrogen-bond donors (Lipinski definition) is 0. The molecule has 0 radical (unpaired) electrons. The number of methoxy groups -OCH3 is 1. The molecule has 39 heavy (non-hydrogen) atoms. The van der Waals surface area contributed by atoms with Gasteiger partial charge in [-0.05, 0) is 26.2 Å². The minimum atomic E-state index is -1.08. The van der Waals surface area contributed by atoms with Gasteiger partial charge in [0.05, 0.1) is 19.3 Å². The third kappa shape index (κ3) is 14.7. The molecule has 10 heteroatoms. The molecule has 0 unspecified atom stereocenters. The Labute approximate surface area is 233 Å². The summed E-state index contributed by atoms with van der Waals surface area (Å²) in [6.45, 7) is 7.62. The topological polar surface area (TPSA) is 124 Å². The molecule has 0 bridgehead atoms. The van der Waals surface area contributed by atoms with Gasteiger partial charge in [0, 0.05) is 27.2 Å². The molecule has 226 valence electrons. The van der Waals surface area contributed by atoms with Gasteiger partial charge in [-0.2, -0.15) is 0 Å². The lowest BCUT2D eigenvalue weighted by molar-refractivity contribution is -0.311. The van der Waals surface area contributed by atoms with Gasteiger partial charge in [0.2, 0.25) is 0 Å². The van der Waals surface area contributed by atoms with Crippen LogP contribution in [0.3, 0.4) is 0 Å². The standard InChI is InChI=1S/C29H50O10/c1-7-8-14-17-24(18-15-12-10-9-11-13-16-19-25(33)34-6)39-29-28(38-23(5)32)27(37-22(4)31)26(20(2)35-29)36-21(3)30/h20,24,26-29H,7-19H2,1-6H3/t20-,24-,26-,27+,28+,29-/m0/s1. The molecule has 0 amide bonds. The van der Waals surface area contributed by atoms with Gasteiger partial charge in [0.15, 0.2) is 24.6 Å². The van der Waals surface area contributed by atoms with Crippen LogP contribution in [0, 0.1) is 0 Å². The van der Waals surface area contributed by atoms with Crippen LogP contribution in [0.4, 0.5) is 0 Å². The SMILES string of the molecule is CCCCC[C@@H](CCCCCCCCCC(=O)OC)O[C@@H]1O[C@@H](C)[C@H](OC(C)=O)[C@@H](OC(C)=O)[C@H]1OC(C)=O. The van der Waals surface area contributed by atoms with Crippen molar-refractivity contribution in [1.29, 1.82) is 0 Å². The Kier molecular flexibility index (Phi) is 17.7. The van der Waals surface area contributed by atoms with E-state index in [1.165, 1.54) is 27.9 Å². The molecule has 0 aromatic rings. The minimum absolute atomic E-state index is 0.130. The van der Waals surface area contributed by atoms with Crippen molar-refractivity contribution in [2.24, 2.45) is 0 Å². The maximum atomic E-state index is 12.0. The van der Waals surface area contributed by atoms with E-state index in [1.807, 2.05) is 0 Å². The average molecular weight is 559 g/mol. The smallest absolute Gasteiger partial charge is 0.305 e. The average Bonchev–Trinajstić information content (AvgIpc) is 2.86. The number of unbranched alkanes of at least 4 members (excludes halogenated alkanes) is 8. The van der Waals surface area contributed by atoms with E-state index in [0.29, 0.717) is 6.42 Å². The molecule has 1 aliphatic rings. The molecule has 1 aliphatic heterocycles. The van der Waals surface area contributed by atoms with Gasteiger partial charge in [0.25, 0.3) is 0 Å². The number of carbonyl (C=O) groups is 4. The predicted octanol–water partition coefficient (Wildman–Crippen LogP) is 5.18. The number of ether oxygens (including phenoxy) is 6. The molecule has 1 fully saturated rings. The third-order valence-electron chi connectivity index (χ3n) is 6.72. The molecule has 0 aliphatic carbocycles. The van der Waals surface area contributed by atoms with Crippen LogP contribution in [0.2, 0.25) is 0 Å². The summed E-state index contributed by atoms with van der Waals surface area (Å²) in [6, 6.07) is 0. The molecule has 0 saturated carbocycles. The molecule has 0 aromatic carbocycles. The van der Waals surface area contributed by atoms with Crippen LogP contribution in [-0.2, 0) is 47.6 Å². The van der Waals surface area contributed by atoms with E-state index in [4.69, 9.17) is 23.7 Å².